The molecule has 0 bridgehead atoms. The lowest BCUT2D eigenvalue weighted by Gasteiger charge is -2.12. The van der Waals surface area contributed by atoms with Gasteiger partial charge >= 0.3 is 5.97 Å². The molecular weight excluding hydrogens is 282 g/mol. The maximum Gasteiger partial charge on any atom is 0.344 e. The molecule has 0 saturated heterocycles. The third-order valence-corrected chi connectivity index (χ3v) is 3.54. The quantitative estimate of drug-likeness (QED) is 0.626. The fourth-order valence-corrected chi connectivity index (χ4v) is 2.19. The van der Waals surface area contributed by atoms with E-state index in [4.69, 9.17) is 9.26 Å². The van der Waals surface area contributed by atoms with Crippen LogP contribution in [0.4, 0.5) is 0 Å². The minimum atomic E-state index is -0.867. The summed E-state index contributed by atoms with van der Waals surface area (Å²) in [7, 11) is 0. The second-order valence-electron chi connectivity index (χ2n) is 5.16. The Morgan fingerprint density at radius 3 is 2.36 bits per heavy atom. The number of hydrogen-bond donors (Lipinski definition) is 0. The zero-order valence-corrected chi connectivity index (χ0v) is 13.2. The monoisotopic (exact) mass is 301 g/mol. The number of ether oxygens (including phenoxy) is 1. The summed E-state index contributed by atoms with van der Waals surface area (Å²) in [5, 5.41) is 3.71. The summed E-state index contributed by atoms with van der Waals surface area (Å²) in [6.07, 6.45) is 0.0408. The Hall–Kier alpha value is -2.43. The first-order chi connectivity index (χ1) is 10.4. The fraction of sp³-hybridized carbons (Fsp3) is 0.353. The molecule has 0 aliphatic heterocycles. The summed E-state index contributed by atoms with van der Waals surface area (Å²) in [5.41, 5.74) is 2.41. The first-order valence-electron chi connectivity index (χ1n) is 7.21. The van der Waals surface area contributed by atoms with E-state index < -0.39 is 12.1 Å². The van der Waals surface area contributed by atoms with Gasteiger partial charge in [0.15, 0.2) is 6.10 Å². The van der Waals surface area contributed by atoms with Gasteiger partial charge in [0.1, 0.15) is 11.3 Å². The van der Waals surface area contributed by atoms with Crippen molar-refractivity contribution >= 4 is 11.8 Å². The van der Waals surface area contributed by atoms with Gasteiger partial charge in [0, 0.05) is 5.56 Å². The number of aryl methyl sites for hydroxylation is 3. The Bertz CT molecular complexity index is 666. The molecule has 116 valence electrons. The number of carbonyl (C=O) groups excluding carboxylic acids is 2. The van der Waals surface area contributed by atoms with Crippen LogP contribution in [0, 0.1) is 13.8 Å². The molecule has 5 nitrogen and oxygen atoms in total. The summed E-state index contributed by atoms with van der Waals surface area (Å²) < 4.78 is 10.2. The van der Waals surface area contributed by atoms with Gasteiger partial charge in [-0.3, -0.25) is 4.79 Å². The first-order valence-corrected chi connectivity index (χ1v) is 7.21. The molecule has 0 aliphatic carbocycles. The Kier molecular flexibility index (Phi) is 4.75. The molecule has 22 heavy (non-hydrogen) atoms. The van der Waals surface area contributed by atoms with Crippen molar-refractivity contribution in [2.75, 3.05) is 0 Å². The summed E-state index contributed by atoms with van der Waals surface area (Å²) in [6, 6.07) is 7.30. The average Bonchev–Trinajstić information content (AvgIpc) is 2.85. The van der Waals surface area contributed by atoms with Crippen molar-refractivity contribution in [1.29, 1.82) is 0 Å². The Morgan fingerprint density at radius 1 is 1.23 bits per heavy atom. The van der Waals surface area contributed by atoms with E-state index in [1.807, 2.05) is 19.1 Å². The van der Waals surface area contributed by atoms with Gasteiger partial charge in [0.05, 0.1) is 5.69 Å². The standard InChI is InChI=1S/C17H19NO4/c1-5-13-6-8-14(9-7-13)16(19)12(4)21-17(20)15-10(2)18-22-11(15)3/h6-9,12H,5H2,1-4H3/t12-/m1/s1. The Balaban J connectivity index is 2.09. The molecule has 0 spiro atoms. The van der Waals surface area contributed by atoms with Crippen molar-refractivity contribution in [3.05, 3.63) is 52.4 Å². The van der Waals surface area contributed by atoms with Gasteiger partial charge in [0.25, 0.3) is 0 Å². The van der Waals surface area contributed by atoms with E-state index in [2.05, 4.69) is 5.16 Å². The van der Waals surface area contributed by atoms with E-state index in [0.29, 0.717) is 17.0 Å². The largest absolute Gasteiger partial charge is 0.451 e. The maximum atomic E-state index is 12.3. The van der Waals surface area contributed by atoms with Crippen LogP contribution in [0.2, 0.25) is 0 Å². The van der Waals surface area contributed by atoms with Crippen molar-refractivity contribution in [1.82, 2.24) is 5.16 Å². The van der Waals surface area contributed by atoms with Gasteiger partial charge in [0.2, 0.25) is 5.78 Å². The van der Waals surface area contributed by atoms with Crippen molar-refractivity contribution in [3.8, 4) is 0 Å². The van der Waals surface area contributed by atoms with E-state index in [1.165, 1.54) is 0 Å². The molecule has 1 aromatic heterocycles. The number of aromatic nitrogens is 1. The molecule has 1 atom stereocenters. The number of ketones is 1. The van der Waals surface area contributed by atoms with E-state index in [9.17, 15) is 9.59 Å². The predicted octanol–water partition coefficient (Wildman–Crippen LogP) is 3.28. The zero-order valence-electron chi connectivity index (χ0n) is 13.2. The summed E-state index contributed by atoms with van der Waals surface area (Å²) in [6.45, 7) is 6.90. The maximum absolute atomic E-state index is 12.3. The van der Waals surface area contributed by atoms with Crippen molar-refractivity contribution in [2.24, 2.45) is 0 Å². The van der Waals surface area contributed by atoms with Crippen LogP contribution >= 0.6 is 0 Å². The van der Waals surface area contributed by atoms with Gasteiger partial charge in [-0.25, -0.2) is 4.79 Å². The van der Waals surface area contributed by atoms with E-state index >= 15 is 0 Å². The molecule has 1 heterocycles. The second kappa shape index (κ2) is 6.56. The van der Waals surface area contributed by atoms with Gasteiger partial charge in [-0.1, -0.05) is 36.3 Å². The highest BCUT2D eigenvalue weighted by molar-refractivity contribution is 6.01. The number of benzene rings is 1. The minimum absolute atomic E-state index is 0.234. The van der Waals surface area contributed by atoms with Gasteiger partial charge in [-0.05, 0) is 32.8 Å². The lowest BCUT2D eigenvalue weighted by Crippen LogP contribution is -2.25. The Labute approximate surface area is 129 Å². The van der Waals surface area contributed by atoms with Crippen LogP contribution in [-0.4, -0.2) is 23.0 Å². The van der Waals surface area contributed by atoms with Gasteiger partial charge in [-0.2, -0.15) is 0 Å². The molecule has 0 radical (unpaired) electrons. The molecule has 2 rings (SSSR count). The lowest BCUT2D eigenvalue weighted by molar-refractivity contribution is 0.0316. The summed E-state index contributed by atoms with van der Waals surface area (Å²) in [4.78, 5) is 24.4. The molecule has 0 amide bonds. The van der Waals surface area contributed by atoms with Crippen LogP contribution in [0.25, 0.3) is 0 Å². The molecule has 2 aromatic rings. The van der Waals surface area contributed by atoms with Crippen LogP contribution in [-0.2, 0) is 11.2 Å². The average molecular weight is 301 g/mol. The highest BCUT2D eigenvalue weighted by Gasteiger charge is 2.24. The third-order valence-electron chi connectivity index (χ3n) is 3.54. The van der Waals surface area contributed by atoms with Crippen LogP contribution in [0.3, 0.4) is 0 Å². The smallest absolute Gasteiger partial charge is 0.344 e. The topological polar surface area (TPSA) is 69.4 Å². The number of hydrogen-bond acceptors (Lipinski definition) is 5. The van der Waals surface area contributed by atoms with Crippen LogP contribution in [0.15, 0.2) is 28.8 Å². The molecule has 0 unspecified atom stereocenters. The minimum Gasteiger partial charge on any atom is -0.451 e. The van der Waals surface area contributed by atoms with E-state index in [-0.39, 0.29) is 11.3 Å². The zero-order chi connectivity index (χ0) is 16.3. The molecule has 1 aromatic carbocycles. The normalized spacial score (nSPS) is 12.0. The number of nitrogens with zero attached hydrogens (tertiary/aromatic N) is 1. The SMILES string of the molecule is CCc1ccc(C(=O)[C@@H](C)OC(=O)c2c(C)noc2C)cc1. The summed E-state index contributed by atoms with van der Waals surface area (Å²) >= 11 is 0. The summed E-state index contributed by atoms with van der Waals surface area (Å²) in [5.74, 6) is -0.445. The van der Waals surface area contributed by atoms with Crippen molar-refractivity contribution in [2.45, 2.75) is 40.2 Å². The second-order valence-corrected chi connectivity index (χ2v) is 5.16. The van der Waals surface area contributed by atoms with Gasteiger partial charge in [-0.15, -0.1) is 0 Å². The number of esters is 1. The molecule has 0 saturated carbocycles. The number of rotatable bonds is 5. The van der Waals surface area contributed by atoms with Crippen LogP contribution in [0.5, 0.6) is 0 Å². The predicted molar refractivity (Wildman–Crippen MR) is 81.0 cm³/mol. The molecule has 5 heteroatoms. The lowest BCUT2D eigenvalue weighted by atomic mass is 10.0. The van der Waals surface area contributed by atoms with Gasteiger partial charge < -0.3 is 9.26 Å². The van der Waals surface area contributed by atoms with Crippen LogP contribution < -0.4 is 0 Å². The van der Waals surface area contributed by atoms with Crippen molar-refractivity contribution in [3.63, 3.8) is 0 Å². The molecule has 0 fully saturated rings. The third kappa shape index (κ3) is 3.24. The molecule has 0 N–H and O–H groups in total. The highest BCUT2D eigenvalue weighted by Crippen LogP contribution is 2.16. The van der Waals surface area contributed by atoms with Crippen molar-refractivity contribution < 1.29 is 18.8 Å². The first kappa shape index (κ1) is 15.9. The van der Waals surface area contributed by atoms with Crippen LogP contribution in [0.1, 0.15) is 51.6 Å². The fourth-order valence-electron chi connectivity index (χ4n) is 2.19. The highest BCUT2D eigenvalue weighted by atomic mass is 16.5. The number of carbonyl (C=O) groups is 2. The molecular formula is C17H19NO4. The van der Waals surface area contributed by atoms with E-state index in [1.54, 1.807) is 32.9 Å². The Morgan fingerprint density at radius 2 is 1.86 bits per heavy atom. The molecule has 0 aliphatic rings. The van der Waals surface area contributed by atoms with E-state index in [0.717, 1.165) is 12.0 Å². The number of Topliss-reactive ketones (excluding diaryl/α,β-unsaturated/α-hetero) is 1.